The van der Waals surface area contributed by atoms with Gasteiger partial charge < -0.3 is 20.3 Å². The molecule has 64 heavy (non-hydrogen) atoms. The Kier molecular flexibility index (Phi) is 53.5. The second-order valence-corrected chi connectivity index (χ2v) is 20.3. The van der Waals surface area contributed by atoms with Gasteiger partial charge in [0.25, 0.3) is 0 Å². The van der Waals surface area contributed by atoms with E-state index >= 15 is 0 Å². The lowest BCUT2D eigenvalue weighted by Gasteiger charge is -2.22. The molecule has 382 valence electrons. The monoisotopic (exact) mass is 906 g/mol. The van der Waals surface area contributed by atoms with Crippen molar-refractivity contribution in [2.24, 2.45) is 0 Å². The molecular weight excluding hydrogens is 791 g/mol. The molecule has 0 aromatic heterocycles. The van der Waals surface area contributed by atoms with Crippen LogP contribution in [0.15, 0.2) is 0 Å². The third-order valence-corrected chi connectivity index (χ3v) is 13.9. The maximum absolute atomic E-state index is 12.5. The molecule has 0 radical (unpaired) electrons. The van der Waals surface area contributed by atoms with Gasteiger partial charge in [0.05, 0.1) is 25.4 Å². The van der Waals surface area contributed by atoms with Gasteiger partial charge in [0.15, 0.2) is 0 Å². The Hall–Kier alpha value is -1.14. The van der Waals surface area contributed by atoms with Crippen molar-refractivity contribution in [1.82, 2.24) is 5.32 Å². The summed E-state index contributed by atoms with van der Waals surface area (Å²) in [5.41, 5.74) is 0. The normalized spacial score (nSPS) is 12.5. The Morgan fingerprint density at radius 3 is 0.953 bits per heavy atom. The molecule has 1 amide bonds. The van der Waals surface area contributed by atoms with Gasteiger partial charge in [-0.15, -0.1) is 0 Å². The lowest BCUT2D eigenvalue weighted by molar-refractivity contribution is -0.143. The molecule has 0 rings (SSSR count). The van der Waals surface area contributed by atoms with Gasteiger partial charge in [0.2, 0.25) is 5.91 Å². The molecule has 0 aromatic rings. The van der Waals surface area contributed by atoms with Gasteiger partial charge in [0.1, 0.15) is 0 Å². The Labute approximate surface area is 400 Å². The molecule has 0 bridgehead atoms. The summed E-state index contributed by atoms with van der Waals surface area (Å²) in [6.45, 7) is 4.97. The van der Waals surface area contributed by atoms with E-state index < -0.39 is 12.1 Å². The van der Waals surface area contributed by atoms with Gasteiger partial charge in [-0.2, -0.15) is 0 Å². The van der Waals surface area contributed by atoms with E-state index in [-0.39, 0.29) is 18.5 Å². The van der Waals surface area contributed by atoms with Crippen molar-refractivity contribution in [2.45, 2.75) is 347 Å². The van der Waals surface area contributed by atoms with Crippen LogP contribution in [0.25, 0.3) is 0 Å². The maximum Gasteiger partial charge on any atom is 0.305 e. The molecule has 0 saturated heterocycles. The molecule has 3 N–H and O–H groups in total. The van der Waals surface area contributed by atoms with Gasteiger partial charge in [0, 0.05) is 12.8 Å². The number of aliphatic hydroxyl groups excluding tert-OH is 2. The highest BCUT2D eigenvalue weighted by atomic mass is 16.5. The molecule has 6 heteroatoms. The standard InChI is InChI=1S/C58H115NO5/c1-3-5-7-9-11-13-15-17-22-26-30-34-38-42-46-50-56(61)55(54-60)59-57(62)51-47-43-39-35-31-27-24-20-19-21-25-29-33-37-41-45-49-53-64-58(63)52-48-44-40-36-32-28-23-18-16-14-12-10-8-6-4-2/h55-56,60-61H,3-54H2,1-2H3,(H,59,62). The first-order valence-corrected chi connectivity index (χ1v) is 29.3. The summed E-state index contributed by atoms with van der Waals surface area (Å²) in [7, 11) is 0. The molecule has 6 nitrogen and oxygen atoms in total. The first-order valence-electron chi connectivity index (χ1n) is 29.3. The van der Waals surface area contributed by atoms with Gasteiger partial charge in [-0.3, -0.25) is 9.59 Å². The van der Waals surface area contributed by atoms with E-state index in [1.165, 1.54) is 263 Å². The fraction of sp³-hybridized carbons (Fsp3) is 0.966. The predicted molar refractivity (Wildman–Crippen MR) is 278 cm³/mol. The number of aliphatic hydroxyl groups is 2. The fourth-order valence-electron chi connectivity index (χ4n) is 9.41. The zero-order chi connectivity index (χ0) is 46.5. The SMILES string of the molecule is CCCCCCCCCCCCCCCCCC(=O)OCCCCCCCCCCCCCCCCCCCC(=O)NC(CO)C(O)CCCCCCCCCCCCCCCCC. The van der Waals surface area contributed by atoms with E-state index in [0.29, 0.717) is 25.9 Å². The number of esters is 1. The van der Waals surface area contributed by atoms with Crippen molar-refractivity contribution in [2.75, 3.05) is 13.2 Å². The molecule has 0 aromatic carbocycles. The molecule has 0 saturated carbocycles. The zero-order valence-corrected chi connectivity index (χ0v) is 43.5. The Morgan fingerprint density at radius 1 is 0.375 bits per heavy atom. The van der Waals surface area contributed by atoms with Gasteiger partial charge in [-0.25, -0.2) is 0 Å². The summed E-state index contributed by atoms with van der Waals surface area (Å²) in [4.78, 5) is 24.5. The molecule has 0 heterocycles. The predicted octanol–water partition coefficient (Wildman–Crippen LogP) is 17.9. The third-order valence-electron chi connectivity index (χ3n) is 13.9. The van der Waals surface area contributed by atoms with Crippen LogP contribution in [0.4, 0.5) is 0 Å². The summed E-state index contributed by atoms with van der Waals surface area (Å²) >= 11 is 0. The highest BCUT2D eigenvalue weighted by Crippen LogP contribution is 2.18. The van der Waals surface area contributed by atoms with Crippen LogP contribution in [0, 0.1) is 0 Å². The first-order chi connectivity index (χ1) is 31.5. The largest absolute Gasteiger partial charge is 0.466 e. The van der Waals surface area contributed by atoms with E-state index in [1.807, 2.05) is 0 Å². The van der Waals surface area contributed by atoms with Crippen LogP contribution in [-0.2, 0) is 14.3 Å². The van der Waals surface area contributed by atoms with E-state index in [0.717, 1.165) is 38.5 Å². The Bertz CT molecular complexity index is 913. The lowest BCUT2D eigenvalue weighted by Crippen LogP contribution is -2.45. The van der Waals surface area contributed by atoms with Crippen molar-refractivity contribution in [1.29, 1.82) is 0 Å². The average molecular weight is 907 g/mol. The van der Waals surface area contributed by atoms with Crippen LogP contribution in [0.2, 0.25) is 0 Å². The van der Waals surface area contributed by atoms with Crippen molar-refractivity contribution < 1.29 is 24.5 Å². The summed E-state index contributed by atoms with van der Waals surface area (Å²) in [6.07, 6.45) is 62.3. The molecule has 2 atom stereocenters. The third kappa shape index (κ3) is 50.3. The number of carbonyl (C=O) groups is 2. The van der Waals surface area contributed by atoms with Gasteiger partial charge in [-0.1, -0.05) is 296 Å². The molecule has 0 aliphatic heterocycles. The second kappa shape index (κ2) is 54.5. The molecule has 0 spiro atoms. The summed E-state index contributed by atoms with van der Waals surface area (Å²) in [6, 6.07) is -0.544. The Balaban J connectivity index is 3.39. The summed E-state index contributed by atoms with van der Waals surface area (Å²) < 4.78 is 5.48. The van der Waals surface area contributed by atoms with Gasteiger partial charge in [-0.05, 0) is 25.7 Å². The highest BCUT2D eigenvalue weighted by Gasteiger charge is 2.20. The maximum atomic E-state index is 12.5. The minimum absolute atomic E-state index is 0.00924. The van der Waals surface area contributed by atoms with Crippen molar-refractivity contribution in [3.05, 3.63) is 0 Å². The first kappa shape index (κ1) is 62.9. The number of rotatable bonds is 55. The van der Waals surface area contributed by atoms with E-state index in [1.54, 1.807) is 0 Å². The molecule has 0 aliphatic carbocycles. The van der Waals surface area contributed by atoms with Crippen molar-refractivity contribution >= 4 is 11.9 Å². The van der Waals surface area contributed by atoms with Crippen LogP contribution in [0.5, 0.6) is 0 Å². The van der Waals surface area contributed by atoms with Crippen LogP contribution < -0.4 is 5.32 Å². The zero-order valence-electron chi connectivity index (χ0n) is 43.5. The molecule has 2 unspecified atom stereocenters. The summed E-state index contributed by atoms with van der Waals surface area (Å²) in [5, 5.41) is 23.3. The minimum Gasteiger partial charge on any atom is -0.466 e. The van der Waals surface area contributed by atoms with Crippen LogP contribution >= 0.6 is 0 Å². The average Bonchev–Trinajstić information content (AvgIpc) is 3.29. The number of ether oxygens (including phenoxy) is 1. The van der Waals surface area contributed by atoms with E-state index in [4.69, 9.17) is 4.74 Å². The smallest absolute Gasteiger partial charge is 0.305 e. The molecular formula is C58H115NO5. The van der Waals surface area contributed by atoms with Crippen LogP contribution in [-0.4, -0.2) is 47.4 Å². The number of carbonyl (C=O) groups excluding carboxylic acids is 2. The number of hydrogen-bond acceptors (Lipinski definition) is 5. The van der Waals surface area contributed by atoms with Crippen LogP contribution in [0.3, 0.4) is 0 Å². The van der Waals surface area contributed by atoms with Crippen LogP contribution in [0.1, 0.15) is 335 Å². The highest BCUT2D eigenvalue weighted by molar-refractivity contribution is 5.76. The number of amides is 1. The van der Waals surface area contributed by atoms with E-state index in [9.17, 15) is 19.8 Å². The molecule has 0 aliphatic rings. The van der Waals surface area contributed by atoms with Crippen molar-refractivity contribution in [3.8, 4) is 0 Å². The number of hydrogen-bond donors (Lipinski definition) is 3. The number of nitrogens with one attached hydrogen (secondary N) is 1. The second-order valence-electron chi connectivity index (χ2n) is 20.3. The summed E-state index contributed by atoms with van der Waals surface area (Å²) in [5.74, 6) is -0.0282. The van der Waals surface area contributed by atoms with Crippen molar-refractivity contribution in [3.63, 3.8) is 0 Å². The minimum atomic E-state index is -0.666. The molecule has 0 fully saturated rings. The lowest BCUT2D eigenvalue weighted by atomic mass is 10.0. The van der Waals surface area contributed by atoms with Gasteiger partial charge >= 0.3 is 5.97 Å². The Morgan fingerprint density at radius 2 is 0.641 bits per heavy atom. The number of unbranched alkanes of at least 4 members (excludes halogenated alkanes) is 44. The fourth-order valence-corrected chi connectivity index (χ4v) is 9.41. The quantitative estimate of drug-likeness (QED) is 0.0417. The van der Waals surface area contributed by atoms with E-state index in [2.05, 4.69) is 19.2 Å². The topological polar surface area (TPSA) is 95.9 Å².